The molecule has 0 saturated heterocycles. The van der Waals surface area contributed by atoms with Gasteiger partial charge in [-0.2, -0.15) is 0 Å². The summed E-state index contributed by atoms with van der Waals surface area (Å²) in [5.74, 6) is 0.626. The van der Waals surface area contributed by atoms with E-state index in [9.17, 15) is 9.90 Å². The van der Waals surface area contributed by atoms with E-state index >= 15 is 0 Å². The third kappa shape index (κ3) is 13.9. The van der Waals surface area contributed by atoms with Gasteiger partial charge in [-0.25, -0.2) is 0 Å². The van der Waals surface area contributed by atoms with Crippen molar-refractivity contribution in [2.75, 3.05) is 7.11 Å². The minimum atomic E-state index is 0.0838. The molecule has 0 fully saturated rings. The van der Waals surface area contributed by atoms with Crippen molar-refractivity contribution >= 4 is 5.91 Å². The van der Waals surface area contributed by atoms with Gasteiger partial charge in [0, 0.05) is 13.0 Å². The molecule has 4 nitrogen and oxygen atoms in total. The number of methoxy groups -OCH3 is 1. The lowest BCUT2D eigenvalue weighted by atomic mass is 10.0. The van der Waals surface area contributed by atoms with Crippen LogP contribution in [0.4, 0.5) is 0 Å². The fourth-order valence-electron chi connectivity index (χ4n) is 3.72. The third-order valence-electron chi connectivity index (χ3n) is 5.76. The molecule has 0 aliphatic carbocycles. The number of allylic oxidation sites excluding steroid dienone is 2. The first kappa shape index (κ1) is 27.1. The molecule has 1 amide bonds. The van der Waals surface area contributed by atoms with Gasteiger partial charge >= 0.3 is 0 Å². The zero-order valence-corrected chi connectivity index (χ0v) is 20.2. The van der Waals surface area contributed by atoms with E-state index in [1.807, 2.05) is 0 Å². The molecule has 0 saturated carbocycles. The SMILES string of the molecule is CCCCCCCCC=C(C)CCCCCCCC(=O)NCc1ccc(O)c(OC)c1. The van der Waals surface area contributed by atoms with Crippen LogP contribution < -0.4 is 10.1 Å². The second kappa shape index (κ2) is 17.7. The van der Waals surface area contributed by atoms with Crippen molar-refractivity contribution in [2.45, 2.75) is 110 Å². The number of carbonyl (C=O) groups excluding carboxylic acids is 1. The first-order chi connectivity index (χ1) is 15.1. The van der Waals surface area contributed by atoms with E-state index in [4.69, 9.17) is 4.74 Å². The number of unbranched alkanes of at least 4 members (excludes halogenated alkanes) is 10. The van der Waals surface area contributed by atoms with Crippen LogP contribution in [0.15, 0.2) is 29.8 Å². The van der Waals surface area contributed by atoms with Gasteiger partial charge < -0.3 is 15.2 Å². The Hall–Kier alpha value is -1.97. The summed E-state index contributed by atoms with van der Waals surface area (Å²) in [4.78, 5) is 12.0. The molecule has 1 aromatic carbocycles. The Morgan fingerprint density at radius 1 is 0.968 bits per heavy atom. The number of benzene rings is 1. The molecule has 0 atom stereocenters. The van der Waals surface area contributed by atoms with Crippen molar-refractivity contribution < 1.29 is 14.6 Å². The van der Waals surface area contributed by atoms with Crippen LogP contribution in [0.25, 0.3) is 0 Å². The number of rotatable bonds is 18. The minimum absolute atomic E-state index is 0.0838. The highest BCUT2D eigenvalue weighted by Crippen LogP contribution is 2.26. The van der Waals surface area contributed by atoms with Gasteiger partial charge in [0.05, 0.1) is 7.11 Å². The maximum absolute atomic E-state index is 12.0. The van der Waals surface area contributed by atoms with Gasteiger partial charge in [0.2, 0.25) is 5.91 Å². The normalized spacial score (nSPS) is 11.5. The number of phenolic OH excluding ortho intramolecular Hbond substituents is 1. The topological polar surface area (TPSA) is 58.6 Å². The van der Waals surface area contributed by atoms with E-state index in [-0.39, 0.29) is 11.7 Å². The van der Waals surface area contributed by atoms with Crippen molar-refractivity contribution in [1.29, 1.82) is 0 Å². The number of nitrogens with one attached hydrogen (secondary N) is 1. The molecule has 1 aromatic rings. The summed E-state index contributed by atoms with van der Waals surface area (Å²) in [5, 5.41) is 12.6. The van der Waals surface area contributed by atoms with Gasteiger partial charge in [0.25, 0.3) is 0 Å². The lowest BCUT2D eigenvalue weighted by Gasteiger charge is -2.08. The minimum Gasteiger partial charge on any atom is -0.504 e. The van der Waals surface area contributed by atoms with Gasteiger partial charge in [-0.15, -0.1) is 0 Å². The first-order valence-corrected chi connectivity index (χ1v) is 12.3. The van der Waals surface area contributed by atoms with Crippen LogP contribution in [0.1, 0.15) is 109 Å². The third-order valence-corrected chi connectivity index (χ3v) is 5.76. The molecule has 0 radical (unpaired) electrons. The molecular weight excluding hydrogens is 386 g/mol. The van der Waals surface area contributed by atoms with E-state index in [2.05, 4.69) is 25.2 Å². The highest BCUT2D eigenvalue weighted by molar-refractivity contribution is 5.75. The summed E-state index contributed by atoms with van der Waals surface area (Å²) in [6.45, 7) is 4.99. The molecule has 0 aromatic heterocycles. The number of ether oxygens (including phenoxy) is 1. The number of amides is 1. The fraction of sp³-hybridized carbons (Fsp3) is 0.667. The smallest absolute Gasteiger partial charge is 0.220 e. The Morgan fingerprint density at radius 3 is 2.32 bits per heavy atom. The van der Waals surface area contributed by atoms with Crippen LogP contribution in [-0.2, 0) is 11.3 Å². The Labute approximate surface area is 190 Å². The van der Waals surface area contributed by atoms with Crippen molar-refractivity contribution in [3.05, 3.63) is 35.4 Å². The lowest BCUT2D eigenvalue weighted by molar-refractivity contribution is -0.121. The summed E-state index contributed by atoms with van der Waals surface area (Å²) in [5.41, 5.74) is 2.46. The highest BCUT2D eigenvalue weighted by Gasteiger charge is 2.05. The summed E-state index contributed by atoms with van der Waals surface area (Å²) < 4.78 is 5.09. The molecule has 0 unspecified atom stereocenters. The molecule has 0 aliphatic heterocycles. The molecular formula is C27H45NO3. The van der Waals surface area contributed by atoms with Crippen molar-refractivity contribution in [1.82, 2.24) is 5.32 Å². The monoisotopic (exact) mass is 431 g/mol. The number of aromatic hydroxyl groups is 1. The number of phenols is 1. The van der Waals surface area contributed by atoms with Crippen molar-refractivity contribution in [2.24, 2.45) is 0 Å². The molecule has 176 valence electrons. The zero-order valence-electron chi connectivity index (χ0n) is 20.2. The maximum atomic E-state index is 12.0. The second-order valence-corrected chi connectivity index (χ2v) is 8.66. The molecule has 0 spiro atoms. The van der Waals surface area contributed by atoms with Gasteiger partial charge in [-0.1, -0.05) is 76.0 Å². The van der Waals surface area contributed by atoms with Gasteiger partial charge in [0.1, 0.15) is 0 Å². The molecule has 1 rings (SSSR count). The predicted molar refractivity (Wildman–Crippen MR) is 131 cm³/mol. The number of carbonyl (C=O) groups is 1. The molecule has 2 N–H and O–H groups in total. The van der Waals surface area contributed by atoms with E-state index in [1.165, 1.54) is 77.7 Å². The van der Waals surface area contributed by atoms with Gasteiger partial charge in [0.15, 0.2) is 11.5 Å². The molecule has 31 heavy (non-hydrogen) atoms. The average Bonchev–Trinajstić information content (AvgIpc) is 2.77. The van der Waals surface area contributed by atoms with Crippen molar-refractivity contribution in [3.8, 4) is 11.5 Å². The quantitative estimate of drug-likeness (QED) is 0.187. The molecule has 4 heteroatoms. The Bertz CT molecular complexity index is 639. The number of hydrogen-bond donors (Lipinski definition) is 2. The summed E-state index contributed by atoms with van der Waals surface area (Å²) >= 11 is 0. The average molecular weight is 432 g/mol. The molecule has 0 heterocycles. The van der Waals surface area contributed by atoms with E-state index in [1.54, 1.807) is 23.8 Å². The van der Waals surface area contributed by atoms with Crippen LogP contribution in [0.5, 0.6) is 11.5 Å². The van der Waals surface area contributed by atoms with Gasteiger partial charge in [-0.05, 0) is 56.7 Å². The first-order valence-electron chi connectivity index (χ1n) is 12.3. The van der Waals surface area contributed by atoms with Gasteiger partial charge in [-0.3, -0.25) is 4.79 Å². The van der Waals surface area contributed by atoms with E-state index in [0.717, 1.165) is 18.4 Å². The lowest BCUT2D eigenvalue weighted by Crippen LogP contribution is -2.22. The van der Waals surface area contributed by atoms with Crippen LogP contribution in [0, 0.1) is 0 Å². The van der Waals surface area contributed by atoms with Crippen LogP contribution in [-0.4, -0.2) is 18.1 Å². The summed E-state index contributed by atoms with van der Waals surface area (Å²) in [7, 11) is 1.52. The highest BCUT2D eigenvalue weighted by atomic mass is 16.5. The fourth-order valence-corrected chi connectivity index (χ4v) is 3.72. The zero-order chi connectivity index (χ0) is 22.7. The largest absolute Gasteiger partial charge is 0.504 e. The molecule has 0 bridgehead atoms. The van der Waals surface area contributed by atoms with Crippen LogP contribution in [0.2, 0.25) is 0 Å². The van der Waals surface area contributed by atoms with E-state index in [0.29, 0.717) is 18.7 Å². The maximum Gasteiger partial charge on any atom is 0.220 e. The van der Waals surface area contributed by atoms with Crippen LogP contribution >= 0.6 is 0 Å². The predicted octanol–water partition coefficient (Wildman–Crippen LogP) is 7.44. The van der Waals surface area contributed by atoms with E-state index < -0.39 is 0 Å². The standard InChI is InChI=1S/C27H45NO3/c1-4-5-6-7-8-10-13-16-23(2)17-14-11-9-12-15-18-27(30)28-22-24-19-20-25(29)26(21-24)31-3/h16,19-21,29H,4-15,17-18,22H2,1-3H3,(H,28,30). The molecule has 0 aliphatic rings. The van der Waals surface area contributed by atoms with Crippen molar-refractivity contribution in [3.63, 3.8) is 0 Å². The Morgan fingerprint density at radius 2 is 1.61 bits per heavy atom. The van der Waals surface area contributed by atoms with Crippen LogP contribution in [0.3, 0.4) is 0 Å². The summed E-state index contributed by atoms with van der Waals surface area (Å²) in [6, 6.07) is 5.13. The Balaban J connectivity index is 1.99. The Kier molecular flexibility index (Phi) is 15.4. The second-order valence-electron chi connectivity index (χ2n) is 8.66. The number of hydrogen-bond acceptors (Lipinski definition) is 3. The summed E-state index contributed by atoms with van der Waals surface area (Å²) in [6.07, 6.45) is 19.4.